The lowest BCUT2D eigenvalue weighted by atomic mass is 10.0. The molecule has 6 heteroatoms. The van der Waals surface area contributed by atoms with Crippen LogP contribution in [0.15, 0.2) is 0 Å². The second-order valence-corrected chi connectivity index (χ2v) is 21.7. The molecule has 0 rings (SSSR count). The lowest BCUT2D eigenvalue weighted by Crippen LogP contribution is -2.30. The molecule has 0 aliphatic heterocycles. The Balaban J connectivity index is 4.05. The summed E-state index contributed by atoms with van der Waals surface area (Å²) in [5.74, 6) is -0.838. The van der Waals surface area contributed by atoms with E-state index in [9.17, 15) is 14.4 Å². The number of esters is 3. The Bertz CT molecular complexity index is 1030. The highest BCUT2D eigenvalue weighted by Crippen LogP contribution is 2.18. The maximum Gasteiger partial charge on any atom is 0.306 e. The van der Waals surface area contributed by atoms with Gasteiger partial charge in [-0.15, -0.1) is 0 Å². The van der Waals surface area contributed by atoms with Crippen LogP contribution in [0.3, 0.4) is 0 Å². The van der Waals surface area contributed by atoms with E-state index in [2.05, 4.69) is 20.8 Å². The van der Waals surface area contributed by atoms with Gasteiger partial charge in [0.05, 0.1) is 0 Å². The molecule has 0 heterocycles. The Hall–Kier alpha value is -1.59. The summed E-state index contributed by atoms with van der Waals surface area (Å²) in [6.07, 6.45) is 67.1. The number of ether oxygens (including phenoxy) is 3. The van der Waals surface area contributed by atoms with Crippen LogP contribution in [0.25, 0.3) is 0 Å². The lowest BCUT2D eigenvalue weighted by molar-refractivity contribution is -0.167. The fraction of sp³-hybridized carbons (Fsp3) is 0.952. The van der Waals surface area contributed by atoms with Gasteiger partial charge < -0.3 is 14.2 Å². The molecule has 0 aliphatic carbocycles. The number of carbonyl (C=O) groups is 3. The van der Waals surface area contributed by atoms with Crippen LogP contribution in [0.4, 0.5) is 0 Å². The molecule has 69 heavy (non-hydrogen) atoms. The van der Waals surface area contributed by atoms with Crippen molar-refractivity contribution in [3.8, 4) is 0 Å². The molecule has 0 N–H and O–H groups in total. The molecule has 0 radical (unpaired) electrons. The first-order chi connectivity index (χ1) is 34.0. The first-order valence-corrected chi connectivity index (χ1v) is 31.5. The van der Waals surface area contributed by atoms with Crippen molar-refractivity contribution in [3.05, 3.63) is 0 Å². The summed E-state index contributed by atoms with van der Waals surface area (Å²) in [6.45, 7) is 6.68. The van der Waals surface area contributed by atoms with Gasteiger partial charge in [-0.3, -0.25) is 14.4 Å². The topological polar surface area (TPSA) is 78.9 Å². The largest absolute Gasteiger partial charge is 0.462 e. The van der Waals surface area contributed by atoms with E-state index in [0.29, 0.717) is 19.3 Å². The fourth-order valence-corrected chi connectivity index (χ4v) is 9.86. The predicted molar refractivity (Wildman–Crippen MR) is 298 cm³/mol. The van der Waals surface area contributed by atoms with Crippen molar-refractivity contribution in [1.29, 1.82) is 0 Å². The number of unbranched alkanes of at least 4 members (excludes halogenated alkanes) is 48. The smallest absolute Gasteiger partial charge is 0.306 e. The summed E-state index contributed by atoms with van der Waals surface area (Å²) < 4.78 is 16.8. The molecule has 410 valence electrons. The van der Waals surface area contributed by atoms with Crippen LogP contribution in [0.1, 0.15) is 367 Å². The van der Waals surface area contributed by atoms with E-state index >= 15 is 0 Å². The van der Waals surface area contributed by atoms with Crippen molar-refractivity contribution in [2.24, 2.45) is 0 Å². The first kappa shape index (κ1) is 67.4. The molecule has 0 bridgehead atoms. The molecule has 1 unspecified atom stereocenters. The summed E-state index contributed by atoms with van der Waals surface area (Å²) in [5, 5.41) is 0. The monoisotopic (exact) mass is 975 g/mol. The van der Waals surface area contributed by atoms with E-state index in [1.54, 1.807) is 0 Å². The van der Waals surface area contributed by atoms with E-state index in [1.807, 2.05) is 0 Å². The molecule has 1 atom stereocenters. The van der Waals surface area contributed by atoms with Crippen LogP contribution in [-0.2, 0) is 28.6 Å². The SMILES string of the molecule is CCCCCCCCCCCCCCCCCCCCCCCCCCC(=O)OCC(COC(=O)CCCCCCCCC)OC(=O)CCCCCCCCCCCCCCCCCCCCCC. The highest BCUT2D eigenvalue weighted by Gasteiger charge is 2.19. The van der Waals surface area contributed by atoms with Gasteiger partial charge in [0, 0.05) is 19.3 Å². The molecule has 0 aliphatic rings. The minimum absolute atomic E-state index is 0.0616. The van der Waals surface area contributed by atoms with Gasteiger partial charge in [-0.1, -0.05) is 329 Å². The molecule has 0 spiro atoms. The molecule has 0 fully saturated rings. The van der Waals surface area contributed by atoms with Crippen LogP contribution in [0.2, 0.25) is 0 Å². The maximum atomic E-state index is 12.8. The molecule has 6 nitrogen and oxygen atoms in total. The van der Waals surface area contributed by atoms with Crippen molar-refractivity contribution in [3.63, 3.8) is 0 Å². The van der Waals surface area contributed by atoms with Crippen molar-refractivity contribution in [2.75, 3.05) is 13.2 Å². The minimum Gasteiger partial charge on any atom is -0.462 e. The molecule has 0 aromatic carbocycles. The third-order valence-electron chi connectivity index (χ3n) is 14.6. The third-order valence-corrected chi connectivity index (χ3v) is 14.6. The molecule has 0 amide bonds. The standard InChI is InChI=1S/C63H122O6/c1-4-7-10-13-16-18-20-22-24-26-28-30-31-32-33-35-36-38-40-42-44-47-50-53-56-62(65)68-59-60(58-67-61(64)55-52-49-46-15-12-9-6-3)69-63(66)57-54-51-48-45-43-41-39-37-34-29-27-25-23-21-19-17-14-11-8-5-2/h60H,4-59H2,1-3H3. The van der Waals surface area contributed by atoms with Crippen LogP contribution >= 0.6 is 0 Å². The number of carbonyl (C=O) groups excluding carboxylic acids is 3. The van der Waals surface area contributed by atoms with Crippen LogP contribution < -0.4 is 0 Å². The zero-order valence-electron chi connectivity index (χ0n) is 47.1. The van der Waals surface area contributed by atoms with Gasteiger partial charge in [-0.05, 0) is 19.3 Å². The molecular formula is C63H122O6. The van der Waals surface area contributed by atoms with Gasteiger partial charge in [0.15, 0.2) is 6.10 Å². The number of hydrogen-bond acceptors (Lipinski definition) is 6. The quantitative estimate of drug-likeness (QED) is 0.0343. The lowest BCUT2D eigenvalue weighted by Gasteiger charge is -2.18. The van der Waals surface area contributed by atoms with Gasteiger partial charge in [0.1, 0.15) is 13.2 Å². The molecular weight excluding hydrogens is 853 g/mol. The molecule has 0 saturated heterocycles. The third kappa shape index (κ3) is 57.2. The first-order valence-electron chi connectivity index (χ1n) is 31.5. The Morgan fingerprint density at radius 1 is 0.232 bits per heavy atom. The maximum absolute atomic E-state index is 12.8. The van der Waals surface area contributed by atoms with Crippen LogP contribution in [-0.4, -0.2) is 37.2 Å². The van der Waals surface area contributed by atoms with E-state index in [0.717, 1.165) is 57.8 Å². The van der Waals surface area contributed by atoms with Gasteiger partial charge in [0.25, 0.3) is 0 Å². The van der Waals surface area contributed by atoms with E-state index in [1.165, 1.54) is 270 Å². The zero-order chi connectivity index (χ0) is 50.0. The van der Waals surface area contributed by atoms with Crippen molar-refractivity contribution in [1.82, 2.24) is 0 Å². The molecule has 0 aromatic heterocycles. The Labute approximate surface area is 431 Å². The van der Waals surface area contributed by atoms with Crippen molar-refractivity contribution >= 4 is 17.9 Å². The van der Waals surface area contributed by atoms with Gasteiger partial charge in [-0.2, -0.15) is 0 Å². The summed E-state index contributed by atoms with van der Waals surface area (Å²) >= 11 is 0. The zero-order valence-corrected chi connectivity index (χ0v) is 47.1. The summed E-state index contributed by atoms with van der Waals surface area (Å²) in [6, 6.07) is 0. The Morgan fingerprint density at radius 2 is 0.391 bits per heavy atom. The van der Waals surface area contributed by atoms with Gasteiger partial charge >= 0.3 is 17.9 Å². The van der Waals surface area contributed by atoms with Gasteiger partial charge in [0.2, 0.25) is 0 Å². The fourth-order valence-electron chi connectivity index (χ4n) is 9.86. The number of hydrogen-bond donors (Lipinski definition) is 0. The van der Waals surface area contributed by atoms with Gasteiger partial charge in [-0.25, -0.2) is 0 Å². The summed E-state index contributed by atoms with van der Waals surface area (Å²) in [4.78, 5) is 38.0. The molecule has 0 saturated carbocycles. The summed E-state index contributed by atoms with van der Waals surface area (Å²) in [7, 11) is 0. The highest BCUT2D eigenvalue weighted by molar-refractivity contribution is 5.71. The summed E-state index contributed by atoms with van der Waals surface area (Å²) in [5.41, 5.74) is 0. The van der Waals surface area contributed by atoms with E-state index < -0.39 is 6.10 Å². The second-order valence-electron chi connectivity index (χ2n) is 21.7. The highest BCUT2D eigenvalue weighted by atomic mass is 16.6. The molecule has 0 aromatic rings. The Kier molecular flexibility index (Phi) is 57.6. The van der Waals surface area contributed by atoms with E-state index in [4.69, 9.17) is 14.2 Å². The average molecular weight is 976 g/mol. The van der Waals surface area contributed by atoms with Crippen LogP contribution in [0, 0.1) is 0 Å². The number of rotatable bonds is 59. The predicted octanol–water partition coefficient (Wildman–Crippen LogP) is 21.1. The van der Waals surface area contributed by atoms with Crippen molar-refractivity contribution in [2.45, 2.75) is 374 Å². The van der Waals surface area contributed by atoms with Crippen LogP contribution in [0.5, 0.6) is 0 Å². The second kappa shape index (κ2) is 59.0. The average Bonchev–Trinajstić information content (AvgIpc) is 3.35. The Morgan fingerprint density at radius 3 is 0.580 bits per heavy atom. The van der Waals surface area contributed by atoms with E-state index in [-0.39, 0.29) is 31.1 Å². The van der Waals surface area contributed by atoms with Crippen molar-refractivity contribution < 1.29 is 28.6 Å². The minimum atomic E-state index is -0.760. The normalized spacial score (nSPS) is 11.9.